The summed E-state index contributed by atoms with van der Waals surface area (Å²) >= 11 is 0. The Morgan fingerprint density at radius 3 is 2.51 bits per heavy atom. The number of aromatic amines is 1. The number of Topliss-reactive ketones (excluding diaryl/α,β-unsaturated/α-hetero) is 1. The molecule has 1 atom stereocenters. The number of aromatic nitrogens is 1. The van der Waals surface area contributed by atoms with E-state index >= 15 is 0 Å². The second-order valence-corrected chi connectivity index (χ2v) is 11.6. The van der Waals surface area contributed by atoms with Gasteiger partial charge in [0.05, 0.1) is 26.7 Å². The van der Waals surface area contributed by atoms with E-state index in [1.807, 2.05) is 6.07 Å². The average Bonchev–Trinajstić information content (AvgIpc) is 3.14. The molecule has 1 aliphatic heterocycles. The van der Waals surface area contributed by atoms with Gasteiger partial charge >= 0.3 is 0 Å². The van der Waals surface area contributed by atoms with E-state index in [1.54, 1.807) is 19.2 Å². The summed E-state index contributed by atoms with van der Waals surface area (Å²) in [5.74, 6) is 0.679. The molecule has 1 aromatic heterocycles. The minimum atomic E-state index is -4.22. The Balaban J connectivity index is 0.000000270. The van der Waals surface area contributed by atoms with Gasteiger partial charge in [0.15, 0.2) is 16.1 Å². The third-order valence-electron chi connectivity index (χ3n) is 7.68. The van der Waals surface area contributed by atoms with Crippen LogP contribution in [0.1, 0.15) is 66.6 Å². The van der Waals surface area contributed by atoms with Gasteiger partial charge in [-0.2, -0.15) is 0 Å². The monoisotopic (exact) mass is 559 g/mol. The van der Waals surface area contributed by atoms with Gasteiger partial charge in [0.1, 0.15) is 11.6 Å². The number of hydrogen-bond donors (Lipinski definition) is 3. The van der Waals surface area contributed by atoms with E-state index in [1.165, 1.54) is 39.2 Å². The highest BCUT2D eigenvalue weighted by Gasteiger charge is 2.21. The molecule has 39 heavy (non-hydrogen) atoms. The van der Waals surface area contributed by atoms with Crippen LogP contribution in [0, 0.1) is 5.82 Å². The molecule has 0 spiro atoms. The third-order valence-corrected chi connectivity index (χ3v) is 8.30. The van der Waals surface area contributed by atoms with Crippen LogP contribution in [0.4, 0.5) is 4.39 Å². The molecule has 2 aliphatic rings. The minimum Gasteiger partial charge on any atom is -0.735 e. The molecule has 3 aromatic rings. The van der Waals surface area contributed by atoms with E-state index in [-0.39, 0.29) is 17.6 Å². The third kappa shape index (κ3) is 8.60. The maximum Gasteiger partial charge on any atom is 0.163 e. The van der Waals surface area contributed by atoms with E-state index in [2.05, 4.69) is 21.8 Å². The van der Waals surface area contributed by atoms with Gasteiger partial charge in [-0.3, -0.25) is 4.79 Å². The molecule has 10 heteroatoms. The van der Waals surface area contributed by atoms with Crippen molar-refractivity contribution in [3.63, 3.8) is 0 Å². The van der Waals surface area contributed by atoms with Crippen LogP contribution in [0.15, 0.2) is 42.5 Å². The van der Waals surface area contributed by atoms with Crippen LogP contribution in [-0.2, 0) is 23.1 Å². The molecule has 0 saturated heterocycles. The number of H-pyrrole nitrogens is 1. The SMILES string of the molecule is COc1ccc2[nH]c3c(c2c1)CC[NH+](CCCC(=O)c1ccc(F)cc1)CC3.O=S(=O)([O-])NC1CCCCC1. The van der Waals surface area contributed by atoms with Gasteiger partial charge in [0.25, 0.3) is 0 Å². The summed E-state index contributed by atoms with van der Waals surface area (Å²) in [6.45, 7) is 3.13. The van der Waals surface area contributed by atoms with Crippen LogP contribution in [-0.4, -0.2) is 56.5 Å². The molecule has 0 radical (unpaired) electrons. The van der Waals surface area contributed by atoms with Gasteiger partial charge in [0.2, 0.25) is 0 Å². The van der Waals surface area contributed by atoms with Crippen LogP contribution in [0.3, 0.4) is 0 Å². The van der Waals surface area contributed by atoms with Crippen molar-refractivity contribution >= 4 is 27.0 Å². The molecule has 1 saturated carbocycles. The van der Waals surface area contributed by atoms with Crippen molar-refractivity contribution in [2.75, 3.05) is 26.7 Å². The Kier molecular flexibility index (Phi) is 10.1. The minimum absolute atomic E-state index is 0.0949. The van der Waals surface area contributed by atoms with Crippen molar-refractivity contribution in [1.29, 1.82) is 0 Å². The number of ketones is 1. The number of carbonyl (C=O) groups is 1. The predicted molar refractivity (Wildman–Crippen MR) is 147 cm³/mol. The molecule has 1 unspecified atom stereocenters. The maximum absolute atomic E-state index is 13.0. The number of nitrogens with one attached hydrogen (secondary N) is 3. The van der Waals surface area contributed by atoms with Crippen LogP contribution < -0.4 is 14.4 Å². The Morgan fingerprint density at radius 1 is 1.10 bits per heavy atom. The largest absolute Gasteiger partial charge is 0.735 e. The van der Waals surface area contributed by atoms with Gasteiger partial charge in [-0.05, 0) is 60.9 Å². The molecule has 5 rings (SSSR count). The topological polar surface area (TPSA) is 116 Å². The molecule has 3 N–H and O–H groups in total. The fraction of sp³-hybridized carbons (Fsp3) is 0.483. The first kappa shape index (κ1) is 29.2. The van der Waals surface area contributed by atoms with E-state index in [4.69, 9.17) is 4.74 Å². The number of halogens is 1. The molecule has 8 nitrogen and oxygen atoms in total. The molecule has 0 amide bonds. The highest BCUT2D eigenvalue weighted by atomic mass is 32.2. The van der Waals surface area contributed by atoms with Crippen molar-refractivity contribution in [2.24, 2.45) is 0 Å². The van der Waals surface area contributed by atoms with Crippen LogP contribution in [0.2, 0.25) is 0 Å². The number of fused-ring (bicyclic) bond motifs is 3. The Hall–Kier alpha value is -2.79. The van der Waals surface area contributed by atoms with Crippen LogP contribution in [0.25, 0.3) is 10.9 Å². The quantitative estimate of drug-likeness (QED) is 0.289. The zero-order chi connectivity index (χ0) is 27.8. The lowest BCUT2D eigenvalue weighted by molar-refractivity contribution is -0.899. The zero-order valence-corrected chi connectivity index (χ0v) is 23.2. The fourth-order valence-electron chi connectivity index (χ4n) is 5.59. The van der Waals surface area contributed by atoms with Crippen LogP contribution in [0.5, 0.6) is 5.75 Å². The molecular formula is C29H38FN3O5S. The first-order valence-corrected chi connectivity index (χ1v) is 15.2. The molecule has 1 fully saturated rings. The zero-order valence-electron chi connectivity index (χ0n) is 22.4. The highest BCUT2D eigenvalue weighted by Crippen LogP contribution is 2.27. The molecule has 1 aliphatic carbocycles. The first-order valence-electron chi connectivity index (χ1n) is 13.7. The number of quaternary nitrogens is 1. The van der Waals surface area contributed by atoms with Crippen molar-refractivity contribution in [1.82, 2.24) is 9.71 Å². The number of carbonyl (C=O) groups excluding carboxylic acids is 1. The normalized spacial score (nSPS) is 18.1. The number of methoxy groups -OCH3 is 1. The Bertz CT molecular complexity index is 1350. The summed E-state index contributed by atoms with van der Waals surface area (Å²) in [6, 6.07) is 11.9. The van der Waals surface area contributed by atoms with E-state index in [0.29, 0.717) is 12.0 Å². The Morgan fingerprint density at radius 2 is 1.82 bits per heavy atom. The van der Waals surface area contributed by atoms with Gasteiger partial charge < -0.3 is 19.2 Å². The van der Waals surface area contributed by atoms with Gasteiger partial charge in [0, 0.05) is 53.9 Å². The summed E-state index contributed by atoms with van der Waals surface area (Å²) < 4.78 is 51.1. The number of rotatable bonds is 8. The summed E-state index contributed by atoms with van der Waals surface area (Å²) in [5.41, 5.74) is 4.52. The lowest BCUT2D eigenvalue weighted by Crippen LogP contribution is -3.12. The first-order chi connectivity index (χ1) is 18.7. The lowest BCUT2D eigenvalue weighted by Gasteiger charge is -2.23. The predicted octanol–water partition coefficient (Wildman–Crippen LogP) is 3.33. The van der Waals surface area contributed by atoms with Crippen molar-refractivity contribution < 1.29 is 31.8 Å². The highest BCUT2D eigenvalue weighted by molar-refractivity contribution is 7.83. The number of benzene rings is 2. The summed E-state index contributed by atoms with van der Waals surface area (Å²) in [6.07, 6.45) is 8.23. The summed E-state index contributed by atoms with van der Waals surface area (Å²) in [5, 5.41) is 1.27. The van der Waals surface area contributed by atoms with Crippen molar-refractivity contribution in [3.8, 4) is 5.75 Å². The molecule has 0 bridgehead atoms. The van der Waals surface area contributed by atoms with E-state index in [9.17, 15) is 22.2 Å². The second-order valence-electron chi connectivity index (χ2n) is 10.4. The van der Waals surface area contributed by atoms with Gasteiger partial charge in [-0.25, -0.2) is 17.5 Å². The van der Waals surface area contributed by atoms with Crippen molar-refractivity contribution in [3.05, 3.63) is 65.1 Å². The van der Waals surface area contributed by atoms with Crippen molar-refractivity contribution in [2.45, 2.75) is 63.8 Å². The standard InChI is InChI=1S/C23H25FN2O2.C6H13NO3S/c1-28-18-8-9-21-20(15-18)19-10-13-26(14-11-22(19)25-21)12-2-3-23(27)16-4-6-17(24)7-5-16;8-11(9,10)7-6-4-2-1-3-5-6/h4-9,15,25H,2-3,10-14H2,1H3;6-7H,1-5H2,(H,8,9,10). The van der Waals surface area contributed by atoms with Crippen LogP contribution >= 0.6 is 0 Å². The smallest absolute Gasteiger partial charge is 0.163 e. The number of hydrogen-bond acceptors (Lipinski definition) is 5. The average molecular weight is 560 g/mol. The molecule has 212 valence electrons. The van der Waals surface area contributed by atoms with E-state index < -0.39 is 10.3 Å². The van der Waals surface area contributed by atoms with Gasteiger partial charge in [-0.15, -0.1) is 0 Å². The molecule has 2 aromatic carbocycles. The Labute approximate surface area is 229 Å². The summed E-state index contributed by atoms with van der Waals surface area (Å²) in [4.78, 5) is 17.4. The number of ether oxygens (including phenoxy) is 1. The maximum atomic E-state index is 13.0. The molecular weight excluding hydrogens is 521 g/mol. The van der Waals surface area contributed by atoms with Gasteiger partial charge in [-0.1, -0.05) is 19.3 Å². The summed E-state index contributed by atoms with van der Waals surface area (Å²) in [7, 11) is -2.52. The molecule has 2 heterocycles. The fourth-order valence-corrected chi connectivity index (χ4v) is 6.23. The van der Waals surface area contributed by atoms with E-state index in [0.717, 1.165) is 76.8 Å². The second kappa shape index (κ2) is 13.5. The lowest BCUT2D eigenvalue weighted by atomic mass is 9.96.